The molecule has 0 saturated heterocycles. The van der Waals surface area contributed by atoms with Crippen LogP contribution in [-0.4, -0.2) is 16.2 Å². The fourth-order valence-corrected chi connectivity index (χ4v) is 9.74. The lowest BCUT2D eigenvalue weighted by Gasteiger charge is -2.24. The van der Waals surface area contributed by atoms with Crippen LogP contribution in [0.15, 0.2) is 196 Å². The Bertz CT molecular complexity index is 3450. The zero-order valence-electron chi connectivity index (χ0n) is 30.6. The first-order valence-electron chi connectivity index (χ1n) is 19.2. The highest BCUT2D eigenvalue weighted by atomic mass is 32.1. The molecule has 0 spiro atoms. The molecule has 0 saturated carbocycles. The largest absolute Gasteiger partial charge is 0.455 e. The number of amidine groups is 2. The SMILES string of the molecule is c1ccc(C2=NC(c3ccccc3)NC(c3cccc4c3c3ccccc3n4-c3cc(-c4ccc5sc6ccccc6c5c4)c4oc5ccccc5c4c3)=N2)cc1. The van der Waals surface area contributed by atoms with Crippen LogP contribution in [0.25, 0.3) is 80.7 Å². The van der Waals surface area contributed by atoms with Crippen LogP contribution >= 0.6 is 11.3 Å². The summed E-state index contributed by atoms with van der Waals surface area (Å²) >= 11 is 1.84. The van der Waals surface area contributed by atoms with Crippen molar-refractivity contribution in [2.24, 2.45) is 9.98 Å². The summed E-state index contributed by atoms with van der Waals surface area (Å²) in [4.78, 5) is 10.4. The molecule has 1 aliphatic rings. The molecule has 8 aromatic carbocycles. The Kier molecular flexibility index (Phi) is 7.09. The monoisotopic (exact) mass is 748 g/mol. The predicted octanol–water partition coefficient (Wildman–Crippen LogP) is 13.2. The number of nitrogens with one attached hydrogen (secondary N) is 1. The fourth-order valence-electron chi connectivity index (χ4n) is 8.65. The van der Waals surface area contributed by atoms with E-state index in [0.29, 0.717) is 5.84 Å². The smallest absolute Gasteiger partial charge is 0.159 e. The van der Waals surface area contributed by atoms with Crippen molar-refractivity contribution < 1.29 is 4.42 Å². The Balaban J connectivity index is 1.11. The molecule has 0 bridgehead atoms. The van der Waals surface area contributed by atoms with E-state index in [4.69, 9.17) is 14.4 Å². The molecule has 0 aliphatic carbocycles. The maximum Gasteiger partial charge on any atom is 0.159 e. The quantitative estimate of drug-likeness (QED) is 0.191. The number of para-hydroxylation sites is 2. The van der Waals surface area contributed by atoms with E-state index >= 15 is 0 Å². The lowest BCUT2D eigenvalue weighted by molar-refractivity contribution is 0.670. The van der Waals surface area contributed by atoms with Gasteiger partial charge in [0.15, 0.2) is 5.84 Å². The fraction of sp³-hybridized carbons (Fsp3) is 0.0196. The van der Waals surface area contributed by atoms with Gasteiger partial charge in [-0.25, -0.2) is 9.98 Å². The third kappa shape index (κ3) is 5.08. The topological polar surface area (TPSA) is 54.8 Å². The summed E-state index contributed by atoms with van der Waals surface area (Å²) in [6, 6.07) is 64.4. The van der Waals surface area contributed by atoms with Gasteiger partial charge in [0, 0.05) is 64.1 Å². The Hall–Kier alpha value is -7.28. The van der Waals surface area contributed by atoms with Crippen LogP contribution in [0.3, 0.4) is 0 Å². The van der Waals surface area contributed by atoms with Gasteiger partial charge in [-0.1, -0.05) is 133 Å². The highest BCUT2D eigenvalue weighted by molar-refractivity contribution is 7.25. The van der Waals surface area contributed by atoms with E-state index in [1.54, 1.807) is 0 Å². The van der Waals surface area contributed by atoms with Gasteiger partial charge in [-0.15, -0.1) is 11.3 Å². The number of thiophene rings is 1. The first-order valence-corrected chi connectivity index (χ1v) is 20.0. The number of furan rings is 1. The van der Waals surface area contributed by atoms with E-state index in [-0.39, 0.29) is 6.17 Å². The Morgan fingerprint density at radius 1 is 0.526 bits per heavy atom. The van der Waals surface area contributed by atoms with Crippen LogP contribution in [-0.2, 0) is 0 Å². The second-order valence-corrected chi connectivity index (χ2v) is 15.7. The van der Waals surface area contributed by atoms with Crippen molar-refractivity contribution in [3.8, 4) is 16.8 Å². The van der Waals surface area contributed by atoms with Gasteiger partial charge in [0.2, 0.25) is 0 Å². The molecule has 1 aliphatic heterocycles. The molecule has 1 N–H and O–H groups in total. The van der Waals surface area contributed by atoms with Crippen LogP contribution in [0.2, 0.25) is 0 Å². The second kappa shape index (κ2) is 12.6. The van der Waals surface area contributed by atoms with Crippen molar-refractivity contribution in [2.75, 3.05) is 0 Å². The lowest BCUT2D eigenvalue weighted by Crippen LogP contribution is -2.33. The van der Waals surface area contributed by atoms with Crippen LogP contribution in [0.5, 0.6) is 0 Å². The molecule has 268 valence electrons. The number of fused-ring (bicyclic) bond motifs is 9. The minimum Gasteiger partial charge on any atom is -0.455 e. The molecular formula is C51H32N4OS. The first-order chi connectivity index (χ1) is 28.2. The zero-order valence-corrected chi connectivity index (χ0v) is 31.4. The van der Waals surface area contributed by atoms with Crippen LogP contribution in [0.1, 0.15) is 22.9 Å². The number of hydrogen-bond acceptors (Lipinski definition) is 5. The molecule has 11 aromatic rings. The Morgan fingerprint density at radius 2 is 1.25 bits per heavy atom. The summed E-state index contributed by atoms with van der Waals surface area (Å²) in [6.07, 6.45) is -0.297. The van der Waals surface area contributed by atoms with Gasteiger partial charge >= 0.3 is 0 Å². The van der Waals surface area contributed by atoms with Gasteiger partial charge in [0.05, 0.1) is 11.0 Å². The van der Waals surface area contributed by atoms with Gasteiger partial charge in [0.1, 0.15) is 23.2 Å². The summed E-state index contributed by atoms with van der Waals surface area (Å²) in [5.74, 6) is 1.50. The molecule has 1 atom stereocenters. The molecule has 4 heterocycles. The molecule has 5 nitrogen and oxygen atoms in total. The molecule has 12 rings (SSSR count). The van der Waals surface area contributed by atoms with Crippen molar-refractivity contribution in [3.05, 3.63) is 199 Å². The highest BCUT2D eigenvalue weighted by Gasteiger charge is 2.25. The number of hydrogen-bond donors (Lipinski definition) is 1. The summed E-state index contributed by atoms with van der Waals surface area (Å²) < 4.78 is 11.7. The summed E-state index contributed by atoms with van der Waals surface area (Å²) in [5, 5.41) is 10.7. The molecule has 0 radical (unpaired) electrons. The molecule has 6 heteroatoms. The van der Waals surface area contributed by atoms with Crippen LogP contribution < -0.4 is 5.32 Å². The van der Waals surface area contributed by atoms with E-state index in [1.807, 2.05) is 41.7 Å². The van der Waals surface area contributed by atoms with Crippen molar-refractivity contribution in [3.63, 3.8) is 0 Å². The summed E-state index contributed by atoms with van der Waals surface area (Å²) in [7, 11) is 0. The summed E-state index contributed by atoms with van der Waals surface area (Å²) in [6.45, 7) is 0. The van der Waals surface area contributed by atoms with Gasteiger partial charge in [-0.05, 0) is 59.7 Å². The molecule has 0 amide bonds. The van der Waals surface area contributed by atoms with Crippen molar-refractivity contribution >= 4 is 86.9 Å². The van der Waals surface area contributed by atoms with E-state index in [0.717, 1.165) is 83.1 Å². The summed E-state index contributed by atoms with van der Waals surface area (Å²) in [5.41, 5.74) is 10.3. The van der Waals surface area contributed by atoms with E-state index in [9.17, 15) is 0 Å². The lowest BCUT2D eigenvalue weighted by atomic mass is 9.99. The van der Waals surface area contributed by atoms with Crippen LogP contribution in [0, 0.1) is 0 Å². The standard InChI is InChI=1S/C51H32N4OS/c1-3-14-31(15-4-1)49-52-50(32-16-5-2-6-17-32)54-51(53-49)38-21-13-23-43-47(38)37-20-7-10-22-42(37)55(43)34-29-39(48-41(30-34)35-18-8-11-24-44(35)56-48)33-26-27-46-40(28-33)36-19-9-12-25-45(36)57-46/h1-30,49H,(H,52,53,54). The Morgan fingerprint density at radius 3 is 2.12 bits per heavy atom. The molecular weight excluding hydrogens is 717 g/mol. The predicted molar refractivity (Wildman–Crippen MR) is 238 cm³/mol. The van der Waals surface area contributed by atoms with Gasteiger partial charge in [0.25, 0.3) is 0 Å². The normalized spacial score (nSPS) is 14.5. The number of nitrogens with zero attached hydrogens (tertiary/aromatic N) is 3. The maximum absolute atomic E-state index is 6.72. The minimum atomic E-state index is -0.297. The third-order valence-electron chi connectivity index (χ3n) is 11.3. The first kappa shape index (κ1) is 32.0. The number of rotatable bonds is 5. The number of benzene rings is 8. The van der Waals surface area contributed by atoms with E-state index in [1.165, 1.54) is 20.2 Å². The maximum atomic E-state index is 6.72. The van der Waals surface area contributed by atoms with Crippen LogP contribution in [0.4, 0.5) is 0 Å². The molecule has 0 fully saturated rings. The average molecular weight is 749 g/mol. The average Bonchev–Trinajstić information content (AvgIpc) is 3.96. The molecule has 57 heavy (non-hydrogen) atoms. The Labute approximate surface area is 331 Å². The number of aromatic nitrogens is 1. The van der Waals surface area contributed by atoms with Crippen molar-refractivity contribution in [1.82, 2.24) is 9.88 Å². The van der Waals surface area contributed by atoms with E-state index in [2.05, 4.69) is 162 Å². The van der Waals surface area contributed by atoms with Crippen molar-refractivity contribution in [2.45, 2.75) is 6.17 Å². The van der Waals surface area contributed by atoms with E-state index < -0.39 is 0 Å². The minimum absolute atomic E-state index is 0.297. The third-order valence-corrected chi connectivity index (χ3v) is 12.4. The molecule has 1 unspecified atom stereocenters. The van der Waals surface area contributed by atoms with Gasteiger partial charge in [-0.3, -0.25) is 0 Å². The van der Waals surface area contributed by atoms with Gasteiger partial charge < -0.3 is 14.3 Å². The zero-order chi connectivity index (χ0) is 37.5. The van der Waals surface area contributed by atoms with Gasteiger partial charge in [-0.2, -0.15) is 0 Å². The highest BCUT2D eigenvalue weighted by Crippen LogP contribution is 2.43. The number of aliphatic imine (C=N–C) groups is 2. The molecule has 3 aromatic heterocycles. The van der Waals surface area contributed by atoms with Crippen molar-refractivity contribution in [1.29, 1.82) is 0 Å². The second-order valence-electron chi connectivity index (χ2n) is 14.6.